The molecule has 2 aromatic rings. The third-order valence-corrected chi connectivity index (χ3v) is 3.36. The molecule has 0 radical (unpaired) electrons. The number of hydrogen-bond acceptors (Lipinski definition) is 3. The Morgan fingerprint density at radius 2 is 1.95 bits per heavy atom. The molecule has 4 nitrogen and oxygen atoms in total. The van der Waals surface area contributed by atoms with E-state index in [4.69, 9.17) is 0 Å². The summed E-state index contributed by atoms with van der Waals surface area (Å²) in [5.74, 6) is 0.391. The monoisotopic (exact) mass is 297 g/mol. The van der Waals surface area contributed by atoms with Gasteiger partial charge in [0, 0.05) is 24.6 Å². The predicted molar refractivity (Wildman–Crippen MR) is 91.4 cm³/mol. The highest BCUT2D eigenvalue weighted by molar-refractivity contribution is 6.05. The molecule has 0 unspecified atom stereocenters. The fourth-order valence-corrected chi connectivity index (χ4v) is 2.05. The number of carbonyl (C=O) groups excluding carboxylic acids is 1. The van der Waals surface area contributed by atoms with E-state index in [-0.39, 0.29) is 5.91 Å². The molecule has 0 bridgehead atoms. The van der Waals surface area contributed by atoms with Gasteiger partial charge in [-0.1, -0.05) is 26.0 Å². The fraction of sp³-hybridized carbons (Fsp3) is 0.333. The maximum absolute atomic E-state index is 12.4. The van der Waals surface area contributed by atoms with Crippen LogP contribution in [0.5, 0.6) is 0 Å². The Hall–Kier alpha value is -2.36. The van der Waals surface area contributed by atoms with E-state index >= 15 is 0 Å². The van der Waals surface area contributed by atoms with Crippen LogP contribution in [-0.2, 0) is 0 Å². The lowest BCUT2D eigenvalue weighted by molar-refractivity contribution is 0.102. The van der Waals surface area contributed by atoms with Crippen LogP contribution in [0.1, 0.15) is 35.3 Å². The number of aryl methyl sites for hydroxylation is 2. The standard InChI is InChI=1S/C18H23N3O/c1-12(2)9-20-16-8-15(10-19-11-16)18(22)21-17-7-13(3)5-6-14(17)4/h5-8,10-12,20H,9H2,1-4H3,(H,21,22). The summed E-state index contributed by atoms with van der Waals surface area (Å²) >= 11 is 0. The molecule has 2 N–H and O–H groups in total. The molecule has 0 aliphatic rings. The van der Waals surface area contributed by atoms with E-state index in [0.717, 1.165) is 29.0 Å². The van der Waals surface area contributed by atoms with Crippen molar-refractivity contribution < 1.29 is 4.79 Å². The zero-order valence-electron chi connectivity index (χ0n) is 13.6. The second-order valence-electron chi connectivity index (χ2n) is 6.01. The van der Waals surface area contributed by atoms with Crippen molar-refractivity contribution in [2.24, 2.45) is 5.92 Å². The van der Waals surface area contributed by atoms with Crippen molar-refractivity contribution in [3.05, 3.63) is 53.3 Å². The lowest BCUT2D eigenvalue weighted by Crippen LogP contribution is -2.14. The highest BCUT2D eigenvalue weighted by Crippen LogP contribution is 2.18. The summed E-state index contributed by atoms with van der Waals surface area (Å²) < 4.78 is 0. The molecule has 0 aliphatic heterocycles. The van der Waals surface area contributed by atoms with Gasteiger partial charge in [0.2, 0.25) is 0 Å². The molecular weight excluding hydrogens is 274 g/mol. The van der Waals surface area contributed by atoms with Gasteiger partial charge in [0.05, 0.1) is 11.3 Å². The molecule has 0 saturated carbocycles. The summed E-state index contributed by atoms with van der Waals surface area (Å²) in [7, 11) is 0. The Morgan fingerprint density at radius 3 is 2.68 bits per heavy atom. The molecule has 22 heavy (non-hydrogen) atoms. The van der Waals surface area contributed by atoms with Crippen LogP contribution in [0.25, 0.3) is 0 Å². The molecule has 2 rings (SSSR count). The van der Waals surface area contributed by atoms with Crippen molar-refractivity contribution >= 4 is 17.3 Å². The van der Waals surface area contributed by atoms with Crippen LogP contribution in [0.15, 0.2) is 36.7 Å². The van der Waals surface area contributed by atoms with Crippen molar-refractivity contribution in [2.75, 3.05) is 17.2 Å². The van der Waals surface area contributed by atoms with Crippen molar-refractivity contribution in [3.63, 3.8) is 0 Å². The van der Waals surface area contributed by atoms with Gasteiger partial charge < -0.3 is 10.6 Å². The SMILES string of the molecule is Cc1ccc(C)c(NC(=O)c2cncc(NCC(C)C)c2)c1. The van der Waals surface area contributed by atoms with Crippen LogP contribution in [0.4, 0.5) is 11.4 Å². The molecule has 0 spiro atoms. The maximum atomic E-state index is 12.4. The molecule has 1 aromatic heterocycles. The minimum absolute atomic E-state index is 0.144. The highest BCUT2D eigenvalue weighted by Gasteiger charge is 2.09. The number of nitrogens with one attached hydrogen (secondary N) is 2. The first kappa shape index (κ1) is 16.0. The quantitative estimate of drug-likeness (QED) is 0.876. The third kappa shape index (κ3) is 4.32. The number of rotatable bonds is 5. The molecule has 0 fully saturated rings. The van der Waals surface area contributed by atoms with E-state index in [1.54, 1.807) is 12.4 Å². The summed E-state index contributed by atoms with van der Waals surface area (Å²) in [5, 5.41) is 6.23. The Bertz CT molecular complexity index is 665. The van der Waals surface area contributed by atoms with E-state index in [1.165, 1.54) is 0 Å². The van der Waals surface area contributed by atoms with Crippen LogP contribution in [0.2, 0.25) is 0 Å². The zero-order valence-corrected chi connectivity index (χ0v) is 13.6. The van der Waals surface area contributed by atoms with Crippen molar-refractivity contribution in [3.8, 4) is 0 Å². The number of hydrogen-bond donors (Lipinski definition) is 2. The van der Waals surface area contributed by atoms with Gasteiger partial charge in [0.25, 0.3) is 5.91 Å². The zero-order chi connectivity index (χ0) is 16.1. The highest BCUT2D eigenvalue weighted by atomic mass is 16.1. The van der Waals surface area contributed by atoms with Crippen molar-refractivity contribution in [1.82, 2.24) is 4.98 Å². The van der Waals surface area contributed by atoms with Gasteiger partial charge >= 0.3 is 0 Å². The molecule has 0 saturated heterocycles. The van der Waals surface area contributed by atoms with E-state index in [1.807, 2.05) is 38.1 Å². The van der Waals surface area contributed by atoms with E-state index in [2.05, 4.69) is 29.5 Å². The van der Waals surface area contributed by atoms with E-state index in [0.29, 0.717) is 11.5 Å². The van der Waals surface area contributed by atoms with Gasteiger partial charge in [-0.25, -0.2) is 0 Å². The molecule has 0 aliphatic carbocycles. The number of nitrogens with zero attached hydrogens (tertiary/aromatic N) is 1. The molecule has 1 heterocycles. The van der Waals surface area contributed by atoms with Gasteiger partial charge in [-0.2, -0.15) is 0 Å². The summed E-state index contributed by atoms with van der Waals surface area (Å²) in [6.45, 7) is 9.11. The molecule has 1 aromatic carbocycles. The summed E-state index contributed by atoms with van der Waals surface area (Å²) in [6, 6.07) is 7.84. The molecule has 116 valence electrons. The lowest BCUT2D eigenvalue weighted by atomic mass is 10.1. The first-order valence-corrected chi connectivity index (χ1v) is 7.53. The normalized spacial score (nSPS) is 10.6. The first-order valence-electron chi connectivity index (χ1n) is 7.53. The Balaban J connectivity index is 2.12. The largest absolute Gasteiger partial charge is 0.384 e. The summed E-state index contributed by atoms with van der Waals surface area (Å²) in [4.78, 5) is 16.5. The van der Waals surface area contributed by atoms with Gasteiger partial charge in [-0.05, 0) is 43.0 Å². The first-order chi connectivity index (χ1) is 10.5. The van der Waals surface area contributed by atoms with Crippen LogP contribution >= 0.6 is 0 Å². The van der Waals surface area contributed by atoms with Crippen molar-refractivity contribution in [1.29, 1.82) is 0 Å². The van der Waals surface area contributed by atoms with Gasteiger partial charge in [-0.3, -0.25) is 9.78 Å². The van der Waals surface area contributed by atoms with E-state index < -0.39 is 0 Å². The predicted octanol–water partition coefficient (Wildman–Crippen LogP) is 4.02. The minimum atomic E-state index is -0.144. The number of carbonyl (C=O) groups is 1. The number of pyridine rings is 1. The third-order valence-electron chi connectivity index (χ3n) is 3.36. The second kappa shape index (κ2) is 7.07. The van der Waals surface area contributed by atoms with Gasteiger partial charge in [0.15, 0.2) is 0 Å². The molecule has 1 amide bonds. The van der Waals surface area contributed by atoms with E-state index in [9.17, 15) is 4.79 Å². The number of amides is 1. The summed E-state index contributed by atoms with van der Waals surface area (Å²) in [5.41, 5.74) is 4.41. The second-order valence-corrected chi connectivity index (χ2v) is 6.01. The maximum Gasteiger partial charge on any atom is 0.257 e. The fourth-order valence-electron chi connectivity index (χ4n) is 2.05. The Labute approximate surface area is 132 Å². The Kier molecular flexibility index (Phi) is 5.15. The Morgan fingerprint density at radius 1 is 1.18 bits per heavy atom. The average Bonchev–Trinajstić information content (AvgIpc) is 2.49. The number of anilines is 2. The van der Waals surface area contributed by atoms with Crippen LogP contribution in [-0.4, -0.2) is 17.4 Å². The topological polar surface area (TPSA) is 54.0 Å². The molecule has 4 heteroatoms. The molecular formula is C18H23N3O. The molecule has 0 atom stereocenters. The number of aromatic nitrogens is 1. The number of benzene rings is 1. The van der Waals surface area contributed by atoms with Crippen molar-refractivity contribution in [2.45, 2.75) is 27.7 Å². The van der Waals surface area contributed by atoms with Gasteiger partial charge in [-0.15, -0.1) is 0 Å². The van der Waals surface area contributed by atoms with Crippen LogP contribution in [0.3, 0.4) is 0 Å². The average molecular weight is 297 g/mol. The van der Waals surface area contributed by atoms with Crippen LogP contribution in [0, 0.1) is 19.8 Å². The summed E-state index contributed by atoms with van der Waals surface area (Å²) in [6.07, 6.45) is 3.32. The van der Waals surface area contributed by atoms with Gasteiger partial charge in [0.1, 0.15) is 0 Å². The smallest absolute Gasteiger partial charge is 0.257 e. The van der Waals surface area contributed by atoms with Crippen LogP contribution < -0.4 is 10.6 Å². The lowest BCUT2D eigenvalue weighted by Gasteiger charge is -2.11. The minimum Gasteiger partial charge on any atom is -0.384 e.